The summed E-state index contributed by atoms with van der Waals surface area (Å²) in [6, 6.07) is 133. The molecule has 121 heavy (non-hydrogen) atoms. The molecule has 0 bridgehead atoms. The van der Waals surface area contributed by atoms with Crippen molar-refractivity contribution in [1.29, 1.82) is 0 Å². The Hall–Kier alpha value is -12.8. The van der Waals surface area contributed by atoms with E-state index in [9.17, 15) is 0 Å². The number of hydrogen-bond acceptors (Lipinski definition) is 6. The first kappa shape index (κ1) is 72.3. The Kier molecular flexibility index (Phi) is 17.2. The summed E-state index contributed by atoms with van der Waals surface area (Å²) in [5, 5.41) is 0. The van der Waals surface area contributed by atoms with Gasteiger partial charge in [-0.1, -0.05) is 340 Å². The molecule has 4 aliphatic carbocycles. The fourth-order valence-electron chi connectivity index (χ4n) is 24.5. The zero-order valence-corrected chi connectivity index (χ0v) is 69.3. The molecule has 15 aromatic carbocycles. The van der Waals surface area contributed by atoms with Crippen molar-refractivity contribution in [2.24, 2.45) is 23.7 Å². The first-order chi connectivity index (χ1) is 59.7. The van der Waals surface area contributed by atoms with Crippen LogP contribution >= 0.6 is 0 Å². The molecule has 0 amide bonds. The molecule has 2 unspecified atom stereocenters. The predicted molar refractivity (Wildman–Crippen MR) is 508 cm³/mol. The van der Waals surface area contributed by atoms with Crippen LogP contribution in [0.2, 0.25) is 0 Å². The maximum Gasteiger partial charge on any atom is 0.252 e. The monoisotopic (exact) mass is 1560 g/mol. The van der Waals surface area contributed by atoms with Crippen molar-refractivity contribution in [2.75, 3.05) is 24.5 Å². The van der Waals surface area contributed by atoms with E-state index in [1.54, 1.807) is 0 Å². The van der Waals surface area contributed by atoms with Gasteiger partial charge in [-0.05, 0) is 199 Å². The fraction of sp³-hybridized carbons (Fsp3) is 0.204. The van der Waals surface area contributed by atoms with Gasteiger partial charge in [-0.2, -0.15) is 0 Å². The molecular formula is C113H97B2N5O. The van der Waals surface area contributed by atoms with Gasteiger partial charge in [0.2, 0.25) is 0 Å². The average Bonchev–Trinajstić information content (AvgIpc) is 1.65. The number of para-hydroxylation sites is 7. The smallest absolute Gasteiger partial charge is 0.252 e. The highest BCUT2D eigenvalue weighted by Gasteiger charge is 2.57. The number of rotatable bonds is 11. The van der Waals surface area contributed by atoms with Crippen molar-refractivity contribution in [3.05, 3.63) is 374 Å². The van der Waals surface area contributed by atoms with Crippen LogP contribution in [0.15, 0.2) is 346 Å². The third-order valence-electron chi connectivity index (χ3n) is 29.5. The van der Waals surface area contributed by atoms with Gasteiger partial charge in [0.05, 0.1) is 22.5 Å². The van der Waals surface area contributed by atoms with Crippen LogP contribution in [-0.2, 0) is 10.8 Å². The van der Waals surface area contributed by atoms with Crippen molar-refractivity contribution in [3.63, 3.8) is 0 Å². The minimum Gasteiger partial charge on any atom is -0.457 e. The van der Waals surface area contributed by atoms with Gasteiger partial charge < -0.3 is 29.2 Å². The van der Waals surface area contributed by atoms with E-state index in [2.05, 4.69) is 391 Å². The van der Waals surface area contributed by atoms with Crippen LogP contribution in [0.4, 0.5) is 79.6 Å². The summed E-state index contributed by atoms with van der Waals surface area (Å²) in [5.74, 6) is 4.21. The fourth-order valence-corrected chi connectivity index (χ4v) is 24.5. The lowest BCUT2D eigenvalue weighted by atomic mass is 9.32. The Morgan fingerprint density at radius 3 is 1.31 bits per heavy atom. The first-order valence-corrected chi connectivity index (χ1v) is 44.9. The maximum absolute atomic E-state index is 8.50. The normalized spacial score (nSPS) is 18.2. The van der Waals surface area contributed by atoms with E-state index >= 15 is 0 Å². The summed E-state index contributed by atoms with van der Waals surface area (Å²) in [6.45, 7) is 6.98. The minimum absolute atomic E-state index is 0.108. The standard InChI is InChI=1S/C113H97B2N5O/c1-112(2,3)78-66-103-109-104(67-78)120(111-85(76-42-15-6-16-43-76)56-37-57-86(111)77-44-17-7-18-45-77)102-73-108-92(71-96(102)114(109)93-60-31-35-64-99(93)117(103)80-48-21-9-22-49-80)113(89-58-29-25-54-87(89)88-55-26-30-59-90(88)113)91-70-95-101(72-107(91)121-108)118(81-50-23-10-24-51-81)105-68-82(116(79-46-19-8-20-47-79)97-62-33-27-52-83(97)74-38-11-4-12-39-74)69-106-110(105)115(95)94-61-32-36-65-100(94)119(106)98-63-34-28-53-84(98)75-40-13-5-14-41-75/h4-5,8-14,19-36,38-41,46-55,58-73,76-77,85-86,111H,6-7,15-18,37,42-45,56-57H2,1-3H3. The van der Waals surface area contributed by atoms with Gasteiger partial charge in [0.15, 0.2) is 0 Å². The van der Waals surface area contributed by atoms with Gasteiger partial charge in [0.25, 0.3) is 13.4 Å². The van der Waals surface area contributed by atoms with Gasteiger partial charge in [-0.25, -0.2) is 0 Å². The van der Waals surface area contributed by atoms with E-state index < -0.39 is 5.41 Å². The number of ether oxygens (including phenoxy) is 1. The molecular weight excluding hydrogens is 1460 g/mol. The lowest BCUT2D eigenvalue weighted by Crippen LogP contribution is -2.65. The highest BCUT2D eigenvalue weighted by Crippen LogP contribution is 2.65. The molecule has 2 atom stereocenters. The molecule has 0 aromatic heterocycles. The van der Waals surface area contributed by atoms with Crippen molar-refractivity contribution in [1.82, 2.24) is 0 Å². The van der Waals surface area contributed by atoms with Crippen molar-refractivity contribution in [2.45, 2.75) is 121 Å². The van der Waals surface area contributed by atoms with Crippen LogP contribution in [0, 0.1) is 23.7 Å². The third kappa shape index (κ3) is 11.2. The van der Waals surface area contributed by atoms with E-state index in [0.717, 1.165) is 90.5 Å². The van der Waals surface area contributed by atoms with E-state index in [1.165, 1.54) is 178 Å². The molecule has 0 N–H and O–H groups in total. The molecule has 9 aliphatic rings. The largest absolute Gasteiger partial charge is 0.457 e. The molecule has 15 aromatic rings. The summed E-state index contributed by atoms with van der Waals surface area (Å²) in [5.41, 5.74) is 36.6. The van der Waals surface area contributed by atoms with Gasteiger partial charge in [-0.15, -0.1) is 0 Å². The third-order valence-corrected chi connectivity index (χ3v) is 29.5. The summed E-state index contributed by atoms with van der Waals surface area (Å²) >= 11 is 0. The van der Waals surface area contributed by atoms with Crippen LogP contribution in [-0.4, -0.2) is 19.5 Å². The zero-order valence-electron chi connectivity index (χ0n) is 69.3. The van der Waals surface area contributed by atoms with Crippen LogP contribution in [0.1, 0.15) is 132 Å². The van der Waals surface area contributed by atoms with Gasteiger partial charge >= 0.3 is 0 Å². The van der Waals surface area contributed by atoms with Crippen LogP contribution in [0.25, 0.3) is 33.4 Å². The van der Waals surface area contributed by atoms with Gasteiger partial charge in [0, 0.05) is 103 Å². The predicted octanol–water partition coefficient (Wildman–Crippen LogP) is 26.0. The first-order valence-electron chi connectivity index (χ1n) is 44.9. The van der Waals surface area contributed by atoms with Crippen molar-refractivity contribution >= 4 is 126 Å². The minimum atomic E-state index is -0.865. The highest BCUT2D eigenvalue weighted by atomic mass is 16.5. The number of fused-ring (bicyclic) bond motifs is 17. The molecule has 8 heteroatoms. The molecule has 24 rings (SSSR count). The molecule has 586 valence electrons. The van der Waals surface area contributed by atoms with Gasteiger partial charge in [-0.3, -0.25) is 0 Å². The summed E-state index contributed by atoms with van der Waals surface area (Å²) in [6.07, 6.45) is 17.1. The average molecular weight is 1560 g/mol. The lowest BCUT2D eigenvalue weighted by Gasteiger charge is -2.55. The molecule has 5 aliphatic heterocycles. The number of hydrogen-bond donors (Lipinski definition) is 0. The molecule has 1 spiro atoms. The van der Waals surface area contributed by atoms with Crippen molar-refractivity contribution in [3.8, 4) is 44.9 Å². The second-order valence-corrected chi connectivity index (χ2v) is 36.8. The lowest BCUT2D eigenvalue weighted by molar-refractivity contribution is 0.0839. The van der Waals surface area contributed by atoms with Crippen LogP contribution < -0.4 is 62.0 Å². The molecule has 3 fully saturated rings. The van der Waals surface area contributed by atoms with E-state index in [1.807, 2.05) is 0 Å². The number of anilines is 14. The molecule has 3 saturated carbocycles. The van der Waals surface area contributed by atoms with Gasteiger partial charge in [0.1, 0.15) is 11.5 Å². The van der Waals surface area contributed by atoms with Crippen LogP contribution in [0.3, 0.4) is 0 Å². The Morgan fingerprint density at radius 2 is 0.736 bits per heavy atom. The zero-order chi connectivity index (χ0) is 80.2. The number of benzene rings is 15. The van der Waals surface area contributed by atoms with Crippen molar-refractivity contribution < 1.29 is 4.74 Å². The Labute approximate surface area is 713 Å². The maximum atomic E-state index is 8.50. The van der Waals surface area contributed by atoms with E-state index in [0.29, 0.717) is 23.7 Å². The van der Waals surface area contributed by atoms with E-state index in [-0.39, 0.29) is 24.9 Å². The second-order valence-electron chi connectivity index (χ2n) is 36.8. The van der Waals surface area contributed by atoms with E-state index in [4.69, 9.17) is 4.74 Å². The second kappa shape index (κ2) is 28.7. The topological polar surface area (TPSA) is 25.4 Å². The summed E-state index contributed by atoms with van der Waals surface area (Å²) < 4.78 is 8.50. The Morgan fingerprint density at radius 1 is 0.314 bits per heavy atom. The van der Waals surface area contributed by atoms with Crippen LogP contribution in [0.5, 0.6) is 11.5 Å². The quantitative estimate of drug-likeness (QED) is 0.120. The molecule has 0 radical (unpaired) electrons. The molecule has 0 saturated heterocycles. The Balaban J connectivity index is 0.807. The Bertz CT molecular complexity index is 6500. The number of nitrogens with zero attached hydrogens (tertiary/aromatic N) is 5. The molecule has 5 heterocycles. The SMILES string of the molecule is CC(C)(C)c1cc2c3c(c1)N(C1C(C4CCCCC4)CCCC1C1CCCCC1)c1cc4c(cc1B3c1ccccc1N2c1ccccc1)C1(c2cc3c(cc2O4)N(c2ccccc2)c2cc(N(c4ccccc4)c4ccccc4-c4ccccc4)cc4c2B3c2ccccc2N4c2ccccc2-c2ccccc2)c2ccccc2-c2ccccc21. The summed E-state index contributed by atoms with van der Waals surface area (Å²) in [7, 11) is 0. The summed E-state index contributed by atoms with van der Waals surface area (Å²) in [4.78, 5) is 13.5. The highest BCUT2D eigenvalue weighted by molar-refractivity contribution is 7.01. The molecule has 6 nitrogen and oxygen atoms in total.